The number of hydrogen-bond donors (Lipinski definition) is 0. The molecule has 0 bridgehead atoms. The Hall–Kier alpha value is -3.87. The zero-order valence-electron chi connectivity index (χ0n) is 17.2. The molecule has 156 valence electrons. The van der Waals surface area contributed by atoms with Gasteiger partial charge in [-0.2, -0.15) is 0 Å². The molecular formula is C23H22O7. The van der Waals surface area contributed by atoms with Crippen molar-refractivity contribution in [2.24, 2.45) is 0 Å². The summed E-state index contributed by atoms with van der Waals surface area (Å²) in [5, 5.41) is 0. The maximum atomic E-state index is 13.1. The zero-order chi connectivity index (χ0) is 22.4. The van der Waals surface area contributed by atoms with E-state index >= 15 is 0 Å². The molecule has 0 aromatic heterocycles. The van der Waals surface area contributed by atoms with Crippen molar-refractivity contribution in [1.82, 2.24) is 0 Å². The van der Waals surface area contributed by atoms with Crippen molar-refractivity contribution in [3.05, 3.63) is 71.8 Å². The molecule has 0 unspecified atom stereocenters. The number of ketones is 1. The SMILES string of the molecule is C=C(C)C(=O)Oc1cc(C(=O)c2ccccc2)c(OC)c(OC)c1OC(=O)C(=C)C. The number of hydrogen-bond acceptors (Lipinski definition) is 7. The van der Waals surface area contributed by atoms with Gasteiger partial charge in [0.2, 0.25) is 11.5 Å². The van der Waals surface area contributed by atoms with Crippen molar-refractivity contribution in [3.63, 3.8) is 0 Å². The van der Waals surface area contributed by atoms with Crippen LogP contribution in [-0.4, -0.2) is 31.9 Å². The Kier molecular flexibility index (Phi) is 7.14. The first-order chi connectivity index (χ1) is 14.2. The van der Waals surface area contributed by atoms with E-state index in [9.17, 15) is 14.4 Å². The third kappa shape index (κ3) is 4.75. The van der Waals surface area contributed by atoms with Gasteiger partial charge in [-0.05, 0) is 13.8 Å². The maximum Gasteiger partial charge on any atom is 0.338 e. The number of carbonyl (C=O) groups is 3. The van der Waals surface area contributed by atoms with Crippen LogP contribution in [-0.2, 0) is 9.59 Å². The summed E-state index contributed by atoms with van der Waals surface area (Å²) in [6.45, 7) is 9.98. The van der Waals surface area contributed by atoms with Crippen LogP contribution in [0.25, 0.3) is 0 Å². The molecule has 0 N–H and O–H groups in total. The van der Waals surface area contributed by atoms with Crippen molar-refractivity contribution in [2.75, 3.05) is 14.2 Å². The summed E-state index contributed by atoms with van der Waals surface area (Å²) in [6, 6.07) is 9.71. The summed E-state index contributed by atoms with van der Waals surface area (Å²) >= 11 is 0. The maximum absolute atomic E-state index is 13.1. The second-order valence-corrected chi connectivity index (χ2v) is 6.35. The van der Waals surface area contributed by atoms with E-state index in [2.05, 4.69) is 13.2 Å². The smallest absolute Gasteiger partial charge is 0.338 e. The van der Waals surface area contributed by atoms with Crippen molar-refractivity contribution in [3.8, 4) is 23.0 Å². The average molecular weight is 410 g/mol. The Morgan fingerprint density at radius 3 is 1.80 bits per heavy atom. The number of carbonyl (C=O) groups excluding carboxylic acids is 3. The molecule has 7 nitrogen and oxygen atoms in total. The molecule has 0 spiro atoms. The van der Waals surface area contributed by atoms with Crippen molar-refractivity contribution >= 4 is 17.7 Å². The molecule has 2 aromatic carbocycles. The minimum Gasteiger partial charge on any atom is -0.492 e. The van der Waals surface area contributed by atoms with E-state index in [4.69, 9.17) is 18.9 Å². The lowest BCUT2D eigenvalue weighted by Crippen LogP contribution is -2.15. The second kappa shape index (κ2) is 9.56. The van der Waals surface area contributed by atoms with Crippen LogP contribution in [0.2, 0.25) is 0 Å². The predicted octanol–water partition coefficient (Wildman–Crippen LogP) is 3.90. The quantitative estimate of drug-likeness (QED) is 0.282. The van der Waals surface area contributed by atoms with Gasteiger partial charge in [-0.15, -0.1) is 0 Å². The molecule has 0 aliphatic carbocycles. The Labute approximate surface area is 174 Å². The molecule has 7 heteroatoms. The largest absolute Gasteiger partial charge is 0.492 e. The normalized spacial score (nSPS) is 10.0. The summed E-state index contributed by atoms with van der Waals surface area (Å²) < 4.78 is 21.4. The molecule has 0 saturated heterocycles. The fourth-order valence-electron chi connectivity index (χ4n) is 2.44. The summed E-state index contributed by atoms with van der Waals surface area (Å²) in [7, 11) is 2.64. The standard InChI is InChI=1S/C23H22O7/c1-13(2)22(25)29-17-12-16(18(24)15-10-8-7-9-11-15)19(27-5)21(28-6)20(17)30-23(26)14(3)4/h7-12H,1,3H2,2,4-6H3. The number of methoxy groups -OCH3 is 2. The van der Waals surface area contributed by atoms with Crippen LogP contribution in [0.3, 0.4) is 0 Å². The van der Waals surface area contributed by atoms with Crippen molar-refractivity contribution < 1.29 is 33.3 Å². The van der Waals surface area contributed by atoms with E-state index in [1.807, 2.05) is 0 Å². The number of benzene rings is 2. The lowest BCUT2D eigenvalue weighted by molar-refractivity contribution is -0.132. The van der Waals surface area contributed by atoms with E-state index in [1.165, 1.54) is 34.1 Å². The van der Waals surface area contributed by atoms with Crippen LogP contribution in [0.4, 0.5) is 0 Å². The fourth-order valence-corrected chi connectivity index (χ4v) is 2.44. The molecule has 0 amide bonds. The second-order valence-electron chi connectivity index (χ2n) is 6.35. The van der Waals surface area contributed by atoms with Crippen molar-refractivity contribution in [1.29, 1.82) is 0 Å². The van der Waals surface area contributed by atoms with Gasteiger partial charge >= 0.3 is 11.9 Å². The highest BCUT2D eigenvalue weighted by molar-refractivity contribution is 6.12. The highest BCUT2D eigenvalue weighted by Gasteiger charge is 2.29. The van der Waals surface area contributed by atoms with Crippen LogP contribution in [0.15, 0.2) is 60.7 Å². The predicted molar refractivity (Wildman–Crippen MR) is 110 cm³/mol. The first-order valence-corrected chi connectivity index (χ1v) is 8.85. The summed E-state index contributed by atoms with van der Waals surface area (Å²) in [6.07, 6.45) is 0. The number of esters is 2. The molecule has 0 radical (unpaired) electrons. The third-order valence-corrected chi connectivity index (χ3v) is 3.94. The van der Waals surface area contributed by atoms with Crippen LogP contribution < -0.4 is 18.9 Å². The van der Waals surface area contributed by atoms with Gasteiger partial charge in [0.25, 0.3) is 0 Å². The Bertz CT molecular complexity index is 1020. The van der Waals surface area contributed by atoms with Gasteiger partial charge in [-0.1, -0.05) is 43.5 Å². The van der Waals surface area contributed by atoms with E-state index in [0.29, 0.717) is 5.56 Å². The highest BCUT2D eigenvalue weighted by atomic mass is 16.6. The first-order valence-electron chi connectivity index (χ1n) is 8.85. The van der Waals surface area contributed by atoms with Gasteiger partial charge in [-0.25, -0.2) is 9.59 Å². The van der Waals surface area contributed by atoms with Gasteiger partial charge in [0.05, 0.1) is 19.8 Å². The minimum absolute atomic E-state index is 0.0194. The van der Waals surface area contributed by atoms with E-state index < -0.39 is 17.7 Å². The van der Waals surface area contributed by atoms with Gasteiger partial charge in [0, 0.05) is 22.8 Å². The monoisotopic (exact) mass is 410 g/mol. The molecule has 0 aliphatic rings. The molecule has 0 atom stereocenters. The molecule has 0 fully saturated rings. The Balaban J connectivity index is 2.76. The molecule has 30 heavy (non-hydrogen) atoms. The van der Waals surface area contributed by atoms with Gasteiger partial charge in [0.15, 0.2) is 17.3 Å². The van der Waals surface area contributed by atoms with E-state index in [1.54, 1.807) is 30.3 Å². The Morgan fingerprint density at radius 1 is 0.767 bits per heavy atom. The van der Waals surface area contributed by atoms with Crippen molar-refractivity contribution in [2.45, 2.75) is 13.8 Å². The van der Waals surface area contributed by atoms with Crippen LogP contribution in [0, 0.1) is 0 Å². The number of ether oxygens (including phenoxy) is 4. The zero-order valence-corrected chi connectivity index (χ0v) is 17.2. The van der Waals surface area contributed by atoms with E-state index in [-0.39, 0.29) is 39.7 Å². The number of rotatable bonds is 8. The Morgan fingerprint density at radius 2 is 1.30 bits per heavy atom. The van der Waals surface area contributed by atoms with E-state index in [0.717, 1.165) is 0 Å². The highest BCUT2D eigenvalue weighted by Crippen LogP contribution is 2.47. The molecule has 0 aliphatic heterocycles. The van der Waals surface area contributed by atoms with Crippen LogP contribution in [0.1, 0.15) is 29.8 Å². The molecule has 2 aromatic rings. The van der Waals surface area contributed by atoms with Gasteiger partial charge in [-0.3, -0.25) is 4.79 Å². The summed E-state index contributed by atoms with van der Waals surface area (Å²) in [5.41, 5.74) is 0.650. The molecule has 2 rings (SSSR count). The lowest BCUT2D eigenvalue weighted by Gasteiger charge is -2.19. The first kappa shape index (κ1) is 22.4. The molecular weight excluding hydrogens is 388 g/mol. The minimum atomic E-state index is -0.773. The van der Waals surface area contributed by atoms with Gasteiger partial charge in [0.1, 0.15) is 0 Å². The van der Waals surface area contributed by atoms with Crippen LogP contribution >= 0.6 is 0 Å². The van der Waals surface area contributed by atoms with Gasteiger partial charge < -0.3 is 18.9 Å². The fraction of sp³-hybridized carbons (Fsp3) is 0.174. The molecule has 0 saturated carbocycles. The summed E-state index contributed by atoms with van der Waals surface area (Å²) in [5.74, 6) is -2.44. The third-order valence-electron chi connectivity index (χ3n) is 3.94. The molecule has 0 heterocycles. The topological polar surface area (TPSA) is 88.1 Å². The average Bonchev–Trinajstić information content (AvgIpc) is 2.73. The lowest BCUT2D eigenvalue weighted by atomic mass is 10.0. The summed E-state index contributed by atoms with van der Waals surface area (Å²) in [4.78, 5) is 37.4. The van der Waals surface area contributed by atoms with Crippen LogP contribution in [0.5, 0.6) is 23.0 Å².